The quantitative estimate of drug-likeness (QED) is 0.477. The number of amides is 1. The summed E-state index contributed by atoms with van der Waals surface area (Å²) in [4.78, 5) is 36.4. The van der Waals surface area contributed by atoms with Crippen molar-refractivity contribution < 1.29 is 14.3 Å². The van der Waals surface area contributed by atoms with Gasteiger partial charge in [0.1, 0.15) is 5.69 Å². The van der Waals surface area contributed by atoms with E-state index in [1.807, 2.05) is 37.4 Å². The molecule has 156 valence electrons. The lowest BCUT2D eigenvalue weighted by atomic mass is 10.2. The van der Waals surface area contributed by atoms with Gasteiger partial charge in [0.15, 0.2) is 5.13 Å². The van der Waals surface area contributed by atoms with Crippen LogP contribution in [0.15, 0.2) is 54.3 Å². The molecule has 1 aromatic carbocycles. The van der Waals surface area contributed by atoms with Crippen LogP contribution in [0.5, 0.6) is 0 Å². The van der Waals surface area contributed by atoms with Crippen molar-refractivity contribution in [3.05, 3.63) is 76.9 Å². The van der Waals surface area contributed by atoms with Gasteiger partial charge in [-0.2, -0.15) is 0 Å². The number of nitrogens with one attached hydrogen (secondary N) is 1. The first kappa shape index (κ1) is 20.4. The number of aromatic nitrogens is 4. The third kappa shape index (κ3) is 4.08. The summed E-state index contributed by atoms with van der Waals surface area (Å²) in [7, 11) is 1.36. The number of thiazole rings is 1. The second-order valence-electron chi connectivity index (χ2n) is 6.74. The lowest BCUT2D eigenvalue weighted by Crippen LogP contribution is -2.13. The third-order valence-corrected chi connectivity index (χ3v) is 5.53. The molecule has 0 aliphatic carbocycles. The summed E-state index contributed by atoms with van der Waals surface area (Å²) in [6.07, 6.45) is 4.38. The number of hydrogen-bond donors (Lipinski definition) is 1. The van der Waals surface area contributed by atoms with Crippen molar-refractivity contribution in [2.45, 2.75) is 13.8 Å². The van der Waals surface area contributed by atoms with Crippen molar-refractivity contribution in [3.63, 3.8) is 0 Å². The van der Waals surface area contributed by atoms with E-state index in [1.54, 1.807) is 12.1 Å². The summed E-state index contributed by atoms with van der Waals surface area (Å²) >= 11 is 1.34. The standard InChI is InChI=1S/C22H19N5O3S/c1-13-10-17(14(2)27(13)16-6-4-15(5-7-16)21(29)30-3)19-12-31-22(25-19)26-20(28)18-11-23-8-9-24-18/h4-12H,1-3H3,(H,25,26,28). The minimum atomic E-state index is -0.369. The highest BCUT2D eigenvalue weighted by molar-refractivity contribution is 7.14. The van der Waals surface area contributed by atoms with Crippen LogP contribution >= 0.6 is 11.3 Å². The van der Waals surface area contributed by atoms with Crippen molar-refractivity contribution in [1.82, 2.24) is 19.5 Å². The first-order chi connectivity index (χ1) is 15.0. The lowest BCUT2D eigenvalue weighted by Gasteiger charge is -2.10. The molecule has 0 aliphatic rings. The number of aryl methyl sites for hydroxylation is 1. The zero-order valence-corrected chi connectivity index (χ0v) is 17.9. The number of methoxy groups -OCH3 is 1. The molecule has 1 N–H and O–H groups in total. The van der Waals surface area contributed by atoms with E-state index in [1.165, 1.54) is 37.0 Å². The number of anilines is 1. The fraction of sp³-hybridized carbons (Fsp3) is 0.136. The van der Waals surface area contributed by atoms with Gasteiger partial charge in [0.2, 0.25) is 0 Å². The second kappa shape index (κ2) is 8.49. The smallest absolute Gasteiger partial charge is 0.337 e. The predicted molar refractivity (Wildman–Crippen MR) is 118 cm³/mol. The number of carbonyl (C=O) groups is 2. The van der Waals surface area contributed by atoms with Gasteiger partial charge in [0.05, 0.1) is 24.6 Å². The van der Waals surface area contributed by atoms with Crippen LogP contribution in [0.3, 0.4) is 0 Å². The van der Waals surface area contributed by atoms with Crippen molar-refractivity contribution in [2.24, 2.45) is 0 Å². The van der Waals surface area contributed by atoms with Crippen LogP contribution in [0.25, 0.3) is 16.9 Å². The largest absolute Gasteiger partial charge is 0.465 e. The van der Waals surface area contributed by atoms with Gasteiger partial charge in [0, 0.05) is 40.4 Å². The van der Waals surface area contributed by atoms with Crippen molar-refractivity contribution in [2.75, 3.05) is 12.4 Å². The molecule has 0 unspecified atom stereocenters. The maximum absolute atomic E-state index is 12.3. The number of hydrogen-bond acceptors (Lipinski definition) is 7. The average molecular weight is 433 g/mol. The van der Waals surface area contributed by atoms with Gasteiger partial charge >= 0.3 is 5.97 Å². The molecule has 3 aromatic heterocycles. The first-order valence-corrected chi connectivity index (χ1v) is 10.3. The van der Waals surface area contributed by atoms with Crippen molar-refractivity contribution >= 4 is 28.3 Å². The van der Waals surface area contributed by atoms with Crippen LogP contribution in [0, 0.1) is 13.8 Å². The van der Waals surface area contributed by atoms with E-state index in [2.05, 4.69) is 24.8 Å². The SMILES string of the molecule is COC(=O)c1ccc(-n2c(C)cc(-c3csc(NC(=O)c4cnccn4)n3)c2C)cc1. The molecule has 0 radical (unpaired) electrons. The third-order valence-electron chi connectivity index (χ3n) is 4.77. The molecule has 4 aromatic rings. The number of carbonyl (C=O) groups excluding carboxylic acids is 2. The normalized spacial score (nSPS) is 10.7. The molecular weight excluding hydrogens is 414 g/mol. The Morgan fingerprint density at radius 2 is 1.90 bits per heavy atom. The number of nitrogens with zero attached hydrogens (tertiary/aromatic N) is 4. The van der Waals surface area contributed by atoms with Crippen molar-refractivity contribution in [3.8, 4) is 16.9 Å². The molecule has 4 rings (SSSR count). The molecule has 0 aliphatic heterocycles. The number of esters is 1. The highest BCUT2D eigenvalue weighted by atomic mass is 32.1. The highest BCUT2D eigenvalue weighted by Gasteiger charge is 2.17. The lowest BCUT2D eigenvalue weighted by molar-refractivity contribution is 0.0600. The molecule has 0 saturated heterocycles. The van der Waals surface area contributed by atoms with Gasteiger partial charge in [-0.05, 0) is 44.2 Å². The maximum Gasteiger partial charge on any atom is 0.337 e. The summed E-state index contributed by atoms with van der Waals surface area (Å²) in [5.41, 5.74) is 5.41. The van der Waals surface area contributed by atoms with E-state index in [-0.39, 0.29) is 17.6 Å². The van der Waals surface area contributed by atoms with Crippen LogP contribution in [-0.4, -0.2) is 38.5 Å². The molecule has 31 heavy (non-hydrogen) atoms. The van der Waals surface area contributed by atoms with Gasteiger partial charge in [-0.3, -0.25) is 15.1 Å². The Balaban J connectivity index is 1.59. The fourth-order valence-corrected chi connectivity index (χ4v) is 4.02. The first-order valence-electron chi connectivity index (χ1n) is 9.39. The van der Waals surface area contributed by atoms with E-state index >= 15 is 0 Å². The van der Waals surface area contributed by atoms with Gasteiger partial charge in [-0.25, -0.2) is 14.8 Å². The monoisotopic (exact) mass is 433 g/mol. The summed E-state index contributed by atoms with van der Waals surface area (Å²) in [5.74, 6) is -0.725. The molecule has 0 spiro atoms. The van der Waals surface area contributed by atoms with E-state index in [0.29, 0.717) is 10.7 Å². The van der Waals surface area contributed by atoms with Gasteiger partial charge in [-0.1, -0.05) is 0 Å². The maximum atomic E-state index is 12.3. The van der Waals surface area contributed by atoms with Gasteiger partial charge < -0.3 is 9.30 Å². The Morgan fingerprint density at radius 1 is 1.13 bits per heavy atom. The highest BCUT2D eigenvalue weighted by Crippen LogP contribution is 2.31. The topological polar surface area (TPSA) is 99.0 Å². The van der Waals surface area contributed by atoms with E-state index in [9.17, 15) is 9.59 Å². The molecule has 0 atom stereocenters. The van der Waals surface area contributed by atoms with E-state index < -0.39 is 0 Å². The Bertz CT molecular complexity index is 1250. The minimum Gasteiger partial charge on any atom is -0.465 e. The molecule has 3 heterocycles. The molecule has 0 saturated carbocycles. The summed E-state index contributed by atoms with van der Waals surface area (Å²) in [6, 6.07) is 9.28. The Morgan fingerprint density at radius 3 is 2.58 bits per heavy atom. The summed E-state index contributed by atoms with van der Waals surface area (Å²) in [6.45, 7) is 4.02. The Kier molecular flexibility index (Phi) is 5.59. The predicted octanol–water partition coefficient (Wildman–Crippen LogP) is 4.05. The van der Waals surface area contributed by atoms with E-state index in [4.69, 9.17) is 4.74 Å². The molecule has 8 nitrogen and oxygen atoms in total. The zero-order valence-electron chi connectivity index (χ0n) is 17.1. The average Bonchev–Trinajstić information content (AvgIpc) is 3.37. The Hall–Kier alpha value is -3.85. The van der Waals surface area contributed by atoms with Crippen LogP contribution in [0.2, 0.25) is 0 Å². The second-order valence-corrected chi connectivity index (χ2v) is 7.60. The van der Waals surface area contributed by atoms with E-state index in [0.717, 1.165) is 28.3 Å². The molecule has 1 amide bonds. The van der Waals surface area contributed by atoms with Crippen molar-refractivity contribution in [1.29, 1.82) is 0 Å². The molecule has 0 fully saturated rings. The van der Waals surface area contributed by atoms with Crippen LogP contribution in [0.1, 0.15) is 32.2 Å². The van der Waals surface area contributed by atoms with Gasteiger partial charge in [-0.15, -0.1) is 11.3 Å². The van der Waals surface area contributed by atoms with Crippen LogP contribution in [0.4, 0.5) is 5.13 Å². The molecule has 9 heteroatoms. The number of rotatable bonds is 5. The molecule has 0 bridgehead atoms. The summed E-state index contributed by atoms with van der Waals surface area (Å²) < 4.78 is 6.85. The van der Waals surface area contributed by atoms with Gasteiger partial charge in [0.25, 0.3) is 5.91 Å². The zero-order chi connectivity index (χ0) is 22.0. The fourth-order valence-electron chi connectivity index (χ4n) is 3.32. The minimum absolute atomic E-state index is 0.229. The summed E-state index contributed by atoms with van der Waals surface area (Å²) in [5, 5.41) is 5.14. The van der Waals surface area contributed by atoms with Crippen LogP contribution < -0.4 is 5.32 Å². The molecular formula is C22H19N5O3S. The number of benzene rings is 1. The van der Waals surface area contributed by atoms with Crippen LogP contribution in [-0.2, 0) is 4.74 Å². The Labute approximate surface area is 182 Å². The number of ether oxygens (including phenoxy) is 1.